The molecular weight excluding hydrogens is 402 g/mol. The lowest BCUT2D eigenvalue weighted by molar-refractivity contribution is -0.384. The van der Waals surface area contributed by atoms with Gasteiger partial charge in [0.1, 0.15) is 11.5 Å². The Bertz CT molecular complexity index is 1110. The minimum atomic E-state index is -0.732. The second-order valence-electron chi connectivity index (χ2n) is 6.16. The summed E-state index contributed by atoms with van der Waals surface area (Å²) in [5.74, 6) is -0.378. The number of hydrazone groups is 1. The molecule has 0 bridgehead atoms. The summed E-state index contributed by atoms with van der Waals surface area (Å²) < 4.78 is 10.6. The van der Waals surface area contributed by atoms with E-state index in [1.54, 1.807) is 42.5 Å². The van der Waals surface area contributed by atoms with Crippen LogP contribution in [0.25, 0.3) is 0 Å². The van der Waals surface area contributed by atoms with Crippen LogP contribution >= 0.6 is 0 Å². The first-order chi connectivity index (χ1) is 15.0. The highest BCUT2D eigenvalue weighted by atomic mass is 16.6. The number of rotatable bonds is 8. The van der Waals surface area contributed by atoms with Gasteiger partial charge >= 0.3 is 5.97 Å². The second kappa shape index (κ2) is 10.3. The largest absolute Gasteiger partial charge is 0.484 e. The molecule has 0 heterocycles. The van der Waals surface area contributed by atoms with Crippen molar-refractivity contribution in [1.82, 2.24) is 5.43 Å². The van der Waals surface area contributed by atoms with Crippen molar-refractivity contribution in [3.8, 4) is 11.5 Å². The fraction of sp³-hybridized carbons (Fsp3) is 0.0455. The monoisotopic (exact) mass is 419 g/mol. The van der Waals surface area contributed by atoms with Crippen LogP contribution in [0.3, 0.4) is 0 Å². The molecule has 1 N–H and O–H groups in total. The maximum absolute atomic E-state index is 12.2. The first-order valence-corrected chi connectivity index (χ1v) is 9.08. The number of esters is 1. The maximum atomic E-state index is 12.2. The Morgan fingerprint density at radius 1 is 0.968 bits per heavy atom. The fourth-order valence-corrected chi connectivity index (χ4v) is 2.45. The SMILES string of the molecule is O=C(COc1ccccc1)NN=Cc1cccc(OC(=O)c2cccc([N+](=O)[O-])c2)c1. The number of amides is 1. The molecule has 156 valence electrons. The van der Waals surface area contributed by atoms with Gasteiger partial charge in [-0.3, -0.25) is 14.9 Å². The molecule has 3 aromatic carbocycles. The number of nitro benzene ring substituents is 1. The summed E-state index contributed by atoms with van der Waals surface area (Å²) in [6.45, 7) is -0.192. The van der Waals surface area contributed by atoms with Crippen LogP contribution < -0.4 is 14.9 Å². The summed E-state index contributed by atoms with van der Waals surface area (Å²) in [5.41, 5.74) is 2.75. The van der Waals surface area contributed by atoms with E-state index in [-0.39, 0.29) is 23.6 Å². The number of nitro groups is 1. The van der Waals surface area contributed by atoms with E-state index in [2.05, 4.69) is 10.5 Å². The number of ether oxygens (including phenoxy) is 2. The van der Waals surface area contributed by atoms with Crippen molar-refractivity contribution in [2.45, 2.75) is 0 Å². The number of carbonyl (C=O) groups is 2. The lowest BCUT2D eigenvalue weighted by Gasteiger charge is -2.05. The molecule has 0 fully saturated rings. The van der Waals surface area contributed by atoms with E-state index in [0.29, 0.717) is 11.3 Å². The van der Waals surface area contributed by atoms with Crippen LogP contribution in [0.1, 0.15) is 15.9 Å². The number of hydrogen-bond donors (Lipinski definition) is 1. The van der Waals surface area contributed by atoms with Gasteiger partial charge in [0.2, 0.25) is 0 Å². The lowest BCUT2D eigenvalue weighted by Crippen LogP contribution is -2.24. The van der Waals surface area contributed by atoms with Gasteiger partial charge in [-0.15, -0.1) is 0 Å². The molecule has 1 amide bonds. The zero-order valence-corrected chi connectivity index (χ0v) is 16.1. The summed E-state index contributed by atoms with van der Waals surface area (Å²) in [4.78, 5) is 34.3. The molecule has 3 rings (SSSR count). The van der Waals surface area contributed by atoms with E-state index < -0.39 is 16.8 Å². The molecule has 0 saturated heterocycles. The number of carbonyl (C=O) groups excluding carboxylic acids is 2. The van der Waals surface area contributed by atoms with Crippen molar-refractivity contribution >= 4 is 23.8 Å². The molecule has 0 atom stereocenters. The number of hydrogen-bond acceptors (Lipinski definition) is 7. The summed E-state index contributed by atoms with van der Waals surface area (Å²) >= 11 is 0. The van der Waals surface area contributed by atoms with Gasteiger partial charge in [-0.2, -0.15) is 5.10 Å². The lowest BCUT2D eigenvalue weighted by atomic mass is 10.2. The quantitative estimate of drug-likeness (QED) is 0.197. The Hall–Kier alpha value is -4.53. The van der Waals surface area contributed by atoms with Crippen LogP contribution in [0.2, 0.25) is 0 Å². The van der Waals surface area contributed by atoms with Crippen molar-refractivity contribution in [1.29, 1.82) is 0 Å². The number of benzene rings is 3. The number of nitrogens with one attached hydrogen (secondary N) is 1. The van der Waals surface area contributed by atoms with E-state index in [0.717, 1.165) is 6.07 Å². The molecule has 0 aliphatic heterocycles. The second-order valence-corrected chi connectivity index (χ2v) is 6.16. The summed E-state index contributed by atoms with van der Waals surface area (Å²) in [7, 11) is 0. The van der Waals surface area contributed by atoms with Crippen molar-refractivity contribution in [2.24, 2.45) is 5.10 Å². The zero-order chi connectivity index (χ0) is 22.1. The van der Waals surface area contributed by atoms with Crippen LogP contribution in [0.4, 0.5) is 5.69 Å². The highest BCUT2D eigenvalue weighted by Gasteiger charge is 2.13. The molecule has 0 unspecified atom stereocenters. The average molecular weight is 419 g/mol. The molecule has 31 heavy (non-hydrogen) atoms. The van der Waals surface area contributed by atoms with Gasteiger partial charge in [-0.25, -0.2) is 10.2 Å². The first kappa shape index (κ1) is 21.2. The fourth-order valence-electron chi connectivity index (χ4n) is 2.45. The molecular formula is C22H17N3O6. The van der Waals surface area contributed by atoms with Crippen LogP contribution in [0, 0.1) is 10.1 Å². The van der Waals surface area contributed by atoms with Gasteiger partial charge in [0, 0.05) is 12.1 Å². The summed E-state index contributed by atoms with van der Waals surface area (Å²) in [6.07, 6.45) is 1.38. The predicted molar refractivity (Wildman–Crippen MR) is 112 cm³/mol. The Kier molecular flexibility index (Phi) is 7.04. The highest BCUT2D eigenvalue weighted by Crippen LogP contribution is 2.17. The smallest absolute Gasteiger partial charge is 0.343 e. The van der Waals surface area contributed by atoms with Gasteiger partial charge in [-0.1, -0.05) is 36.4 Å². The van der Waals surface area contributed by atoms with Gasteiger partial charge in [0.15, 0.2) is 6.61 Å². The standard InChI is InChI=1S/C22H17N3O6/c26-21(15-30-19-9-2-1-3-10-19)24-23-14-16-6-4-11-20(12-16)31-22(27)17-7-5-8-18(13-17)25(28)29/h1-14H,15H2,(H,24,26). The van der Waals surface area contributed by atoms with Crippen molar-refractivity contribution in [3.63, 3.8) is 0 Å². The number of non-ortho nitro benzene ring substituents is 1. The molecule has 0 aromatic heterocycles. The van der Waals surface area contributed by atoms with E-state index in [4.69, 9.17) is 9.47 Å². The third-order valence-corrected chi connectivity index (χ3v) is 3.88. The van der Waals surface area contributed by atoms with E-state index in [1.165, 1.54) is 30.5 Å². The Morgan fingerprint density at radius 2 is 1.71 bits per heavy atom. The number of para-hydroxylation sites is 1. The minimum absolute atomic E-state index is 0.0546. The van der Waals surface area contributed by atoms with Crippen LogP contribution in [-0.4, -0.2) is 29.6 Å². The molecule has 3 aromatic rings. The normalized spacial score (nSPS) is 10.5. The molecule has 9 nitrogen and oxygen atoms in total. The van der Waals surface area contributed by atoms with Gasteiger partial charge in [0.05, 0.1) is 16.7 Å². The van der Waals surface area contributed by atoms with E-state index in [9.17, 15) is 19.7 Å². The van der Waals surface area contributed by atoms with Crippen molar-refractivity contribution < 1.29 is 24.0 Å². The Balaban J connectivity index is 1.54. The van der Waals surface area contributed by atoms with Crippen LogP contribution in [0.15, 0.2) is 84.0 Å². The third-order valence-electron chi connectivity index (χ3n) is 3.88. The molecule has 0 saturated carbocycles. The van der Waals surface area contributed by atoms with E-state index in [1.807, 2.05) is 6.07 Å². The molecule has 9 heteroatoms. The Morgan fingerprint density at radius 3 is 2.48 bits per heavy atom. The average Bonchev–Trinajstić information content (AvgIpc) is 2.79. The summed E-state index contributed by atoms with van der Waals surface area (Å²) in [6, 6.07) is 20.6. The molecule has 0 aliphatic rings. The predicted octanol–water partition coefficient (Wildman–Crippen LogP) is 3.34. The Labute approximate surface area is 177 Å². The highest BCUT2D eigenvalue weighted by molar-refractivity contribution is 5.92. The van der Waals surface area contributed by atoms with Gasteiger partial charge in [0.25, 0.3) is 11.6 Å². The topological polar surface area (TPSA) is 120 Å². The number of nitrogens with zero attached hydrogens (tertiary/aromatic N) is 2. The van der Waals surface area contributed by atoms with Crippen molar-refractivity contribution in [2.75, 3.05) is 6.61 Å². The van der Waals surface area contributed by atoms with Crippen molar-refractivity contribution in [3.05, 3.63) is 100 Å². The minimum Gasteiger partial charge on any atom is -0.484 e. The third kappa shape index (κ3) is 6.50. The van der Waals surface area contributed by atoms with Gasteiger partial charge in [-0.05, 0) is 35.9 Å². The molecule has 0 spiro atoms. The van der Waals surface area contributed by atoms with Gasteiger partial charge < -0.3 is 9.47 Å². The zero-order valence-electron chi connectivity index (χ0n) is 16.1. The summed E-state index contributed by atoms with van der Waals surface area (Å²) in [5, 5.41) is 14.7. The first-order valence-electron chi connectivity index (χ1n) is 9.08. The van der Waals surface area contributed by atoms with Crippen LogP contribution in [0.5, 0.6) is 11.5 Å². The molecule has 0 aliphatic carbocycles. The molecule has 0 radical (unpaired) electrons. The van der Waals surface area contributed by atoms with Crippen LogP contribution in [-0.2, 0) is 4.79 Å². The maximum Gasteiger partial charge on any atom is 0.343 e. The van der Waals surface area contributed by atoms with E-state index >= 15 is 0 Å².